The summed E-state index contributed by atoms with van der Waals surface area (Å²) in [6, 6.07) is 5.22. The Balaban J connectivity index is 2.11. The molecule has 8 heteroatoms. The summed E-state index contributed by atoms with van der Waals surface area (Å²) in [5, 5.41) is 5.27. The predicted molar refractivity (Wildman–Crippen MR) is 91.3 cm³/mol. The highest BCUT2D eigenvalue weighted by molar-refractivity contribution is 7.18. The van der Waals surface area contributed by atoms with Gasteiger partial charge in [0.1, 0.15) is 10.6 Å². The normalized spacial score (nSPS) is 11.0. The molecule has 0 saturated heterocycles. The Hall–Kier alpha value is -1.27. The molecule has 3 rings (SSSR count). The van der Waals surface area contributed by atoms with E-state index in [1.807, 2.05) is 13.0 Å². The van der Waals surface area contributed by atoms with Crippen LogP contribution in [0.4, 0.5) is 17.5 Å². The van der Waals surface area contributed by atoms with Crippen LogP contribution in [-0.2, 0) is 0 Å². The number of aromatic nitrogens is 2. The standard InChI is InChI=1S/C13H9Cl3N4S/c1-5-2-6-11(19-13(17)20-12(6)21-5)18-10-4-8(15)7(14)3-9(10)16/h2-4H,1H3,(H3,17,18,19,20). The molecule has 0 aliphatic carbocycles. The van der Waals surface area contributed by atoms with E-state index in [9.17, 15) is 0 Å². The van der Waals surface area contributed by atoms with E-state index < -0.39 is 0 Å². The lowest BCUT2D eigenvalue weighted by Crippen LogP contribution is -2.00. The zero-order chi connectivity index (χ0) is 15.1. The van der Waals surface area contributed by atoms with Crippen molar-refractivity contribution in [2.75, 3.05) is 11.1 Å². The molecular weight excluding hydrogens is 351 g/mol. The third-order valence-electron chi connectivity index (χ3n) is 2.80. The van der Waals surface area contributed by atoms with Crippen molar-refractivity contribution in [2.45, 2.75) is 6.92 Å². The SMILES string of the molecule is Cc1cc2c(Nc3cc(Cl)c(Cl)cc3Cl)nc(N)nc2s1. The number of halogens is 3. The van der Waals surface area contributed by atoms with Crippen LogP contribution in [0.3, 0.4) is 0 Å². The first-order chi connectivity index (χ1) is 9.94. The number of aryl methyl sites for hydroxylation is 1. The Labute approximate surface area is 139 Å². The molecule has 0 amide bonds. The van der Waals surface area contributed by atoms with Gasteiger partial charge in [0.05, 0.1) is 26.1 Å². The smallest absolute Gasteiger partial charge is 0.223 e. The molecule has 0 atom stereocenters. The molecule has 21 heavy (non-hydrogen) atoms. The van der Waals surface area contributed by atoms with E-state index in [4.69, 9.17) is 40.5 Å². The number of thiophene rings is 1. The number of fused-ring (bicyclic) bond motifs is 1. The van der Waals surface area contributed by atoms with Crippen molar-refractivity contribution in [1.29, 1.82) is 0 Å². The fourth-order valence-electron chi connectivity index (χ4n) is 1.90. The molecule has 3 aromatic rings. The van der Waals surface area contributed by atoms with Crippen LogP contribution in [0.5, 0.6) is 0 Å². The minimum atomic E-state index is 0.197. The summed E-state index contributed by atoms with van der Waals surface area (Å²) in [6.45, 7) is 2.00. The van der Waals surface area contributed by atoms with E-state index in [0.29, 0.717) is 26.6 Å². The van der Waals surface area contributed by atoms with E-state index >= 15 is 0 Å². The highest BCUT2D eigenvalue weighted by Crippen LogP contribution is 2.36. The van der Waals surface area contributed by atoms with Crippen molar-refractivity contribution < 1.29 is 0 Å². The van der Waals surface area contributed by atoms with Crippen molar-refractivity contribution in [2.24, 2.45) is 0 Å². The lowest BCUT2D eigenvalue weighted by molar-refractivity contribution is 1.24. The van der Waals surface area contributed by atoms with E-state index in [-0.39, 0.29) is 5.95 Å². The number of hydrogen-bond donors (Lipinski definition) is 2. The Morgan fingerprint density at radius 2 is 1.76 bits per heavy atom. The largest absolute Gasteiger partial charge is 0.368 e. The van der Waals surface area contributed by atoms with Crippen LogP contribution in [0, 0.1) is 6.92 Å². The second kappa shape index (κ2) is 5.50. The van der Waals surface area contributed by atoms with Crippen LogP contribution in [0.2, 0.25) is 15.1 Å². The number of nitrogens with zero attached hydrogens (tertiary/aromatic N) is 2. The number of hydrogen-bond acceptors (Lipinski definition) is 5. The van der Waals surface area contributed by atoms with Gasteiger partial charge in [-0.3, -0.25) is 0 Å². The summed E-state index contributed by atoms with van der Waals surface area (Å²) >= 11 is 19.7. The summed E-state index contributed by atoms with van der Waals surface area (Å²) in [5.74, 6) is 0.783. The molecule has 3 N–H and O–H groups in total. The van der Waals surface area contributed by atoms with Crippen LogP contribution in [-0.4, -0.2) is 9.97 Å². The van der Waals surface area contributed by atoms with Gasteiger partial charge in [-0.1, -0.05) is 34.8 Å². The van der Waals surface area contributed by atoms with Crippen LogP contribution in [0.1, 0.15) is 4.88 Å². The van der Waals surface area contributed by atoms with Gasteiger partial charge >= 0.3 is 0 Å². The van der Waals surface area contributed by atoms with Gasteiger partial charge in [-0.25, -0.2) is 4.98 Å². The fraction of sp³-hybridized carbons (Fsp3) is 0.0769. The molecule has 0 unspecified atom stereocenters. The minimum Gasteiger partial charge on any atom is -0.368 e. The number of benzene rings is 1. The molecular formula is C13H9Cl3N4S. The van der Waals surface area contributed by atoms with Gasteiger partial charge < -0.3 is 11.1 Å². The molecule has 0 aliphatic rings. The molecule has 108 valence electrons. The molecule has 0 bridgehead atoms. The first-order valence-corrected chi connectivity index (χ1v) is 7.84. The lowest BCUT2D eigenvalue weighted by atomic mass is 10.3. The maximum absolute atomic E-state index is 6.17. The van der Waals surface area contributed by atoms with Crippen molar-refractivity contribution >= 4 is 73.8 Å². The molecule has 0 fully saturated rings. The van der Waals surface area contributed by atoms with E-state index in [1.165, 1.54) is 0 Å². The topological polar surface area (TPSA) is 63.8 Å². The van der Waals surface area contributed by atoms with Gasteiger partial charge in [-0.2, -0.15) is 4.98 Å². The maximum Gasteiger partial charge on any atom is 0.223 e. The molecule has 4 nitrogen and oxygen atoms in total. The van der Waals surface area contributed by atoms with Gasteiger partial charge in [-0.15, -0.1) is 11.3 Å². The summed E-state index contributed by atoms with van der Waals surface area (Å²) < 4.78 is 0. The number of rotatable bonds is 2. The number of nitrogens with one attached hydrogen (secondary N) is 1. The maximum atomic E-state index is 6.17. The molecule has 0 radical (unpaired) electrons. The third-order valence-corrected chi connectivity index (χ3v) is 4.78. The fourth-order valence-corrected chi connectivity index (χ4v) is 3.38. The van der Waals surface area contributed by atoms with Gasteiger partial charge in [0.15, 0.2) is 0 Å². The molecule has 2 aromatic heterocycles. The number of nitrogens with two attached hydrogens (primary N) is 1. The average molecular weight is 360 g/mol. The van der Waals surface area contributed by atoms with Crippen LogP contribution >= 0.6 is 46.1 Å². The third kappa shape index (κ3) is 2.87. The van der Waals surface area contributed by atoms with Crippen LogP contribution in [0.25, 0.3) is 10.2 Å². The summed E-state index contributed by atoms with van der Waals surface area (Å²) in [6.07, 6.45) is 0. The highest BCUT2D eigenvalue weighted by atomic mass is 35.5. The monoisotopic (exact) mass is 358 g/mol. The lowest BCUT2D eigenvalue weighted by Gasteiger charge is -2.10. The summed E-state index contributed by atoms with van der Waals surface area (Å²) in [5.41, 5.74) is 6.35. The average Bonchev–Trinajstić information content (AvgIpc) is 2.76. The Morgan fingerprint density at radius 3 is 2.52 bits per heavy atom. The van der Waals surface area contributed by atoms with Gasteiger partial charge in [0, 0.05) is 4.88 Å². The van der Waals surface area contributed by atoms with Crippen molar-refractivity contribution in [1.82, 2.24) is 9.97 Å². The number of anilines is 3. The van der Waals surface area contributed by atoms with Crippen molar-refractivity contribution in [3.05, 3.63) is 38.1 Å². The van der Waals surface area contributed by atoms with Crippen LogP contribution in [0.15, 0.2) is 18.2 Å². The zero-order valence-corrected chi connectivity index (χ0v) is 13.8. The van der Waals surface area contributed by atoms with E-state index in [2.05, 4.69) is 15.3 Å². The first kappa shape index (κ1) is 14.7. The number of nitrogen functional groups attached to an aromatic ring is 1. The molecule has 2 heterocycles. The Kier molecular flexibility index (Phi) is 3.84. The summed E-state index contributed by atoms with van der Waals surface area (Å²) in [4.78, 5) is 10.4. The quantitative estimate of drug-likeness (QED) is 0.610. The van der Waals surface area contributed by atoms with E-state index in [1.54, 1.807) is 23.5 Å². The molecule has 0 aliphatic heterocycles. The zero-order valence-electron chi connectivity index (χ0n) is 10.7. The first-order valence-electron chi connectivity index (χ1n) is 5.89. The van der Waals surface area contributed by atoms with Crippen molar-refractivity contribution in [3.8, 4) is 0 Å². The second-order valence-electron chi connectivity index (χ2n) is 4.38. The molecule has 1 aromatic carbocycles. The molecule has 0 spiro atoms. The Morgan fingerprint density at radius 1 is 1.05 bits per heavy atom. The van der Waals surface area contributed by atoms with E-state index in [0.717, 1.165) is 15.1 Å². The van der Waals surface area contributed by atoms with Gasteiger partial charge in [-0.05, 0) is 25.1 Å². The highest BCUT2D eigenvalue weighted by Gasteiger charge is 2.12. The predicted octanol–water partition coefficient (Wildman–Crippen LogP) is 5.29. The van der Waals surface area contributed by atoms with Gasteiger partial charge in [0.2, 0.25) is 5.95 Å². The van der Waals surface area contributed by atoms with Gasteiger partial charge in [0.25, 0.3) is 0 Å². The molecule has 0 saturated carbocycles. The Bertz CT molecular complexity index is 847. The second-order valence-corrected chi connectivity index (χ2v) is 6.83. The minimum absolute atomic E-state index is 0.197. The summed E-state index contributed by atoms with van der Waals surface area (Å²) in [7, 11) is 0. The van der Waals surface area contributed by atoms with Crippen molar-refractivity contribution in [3.63, 3.8) is 0 Å². The van der Waals surface area contributed by atoms with Crippen LogP contribution < -0.4 is 11.1 Å².